The highest BCUT2D eigenvalue weighted by Gasteiger charge is 2.33. The van der Waals surface area contributed by atoms with Gasteiger partial charge in [-0.1, -0.05) is 35.5 Å². The standard InChI is InChI=1S/C22H21N5O2/c1-15-10-18(25-29-15)20-8-5-9-27(20)22(28)17-11-19-21(23-12-17)26(14-24-19)13-16-6-3-2-4-7-16/h2-4,6-7,10-12,14,20H,5,8-9,13H2,1H3. The molecule has 0 N–H and O–H groups in total. The molecule has 1 saturated heterocycles. The van der Waals surface area contributed by atoms with Gasteiger partial charge in [0, 0.05) is 18.8 Å². The van der Waals surface area contributed by atoms with Gasteiger partial charge in [0.15, 0.2) is 5.65 Å². The van der Waals surface area contributed by atoms with Crippen LogP contribution in [0.15, 0.2) is 59.5 Å². The van der Waals surface area contributed by atoms with E-state index in [9.17, 15) is 4.79 Å². The predicted octanol–water partition coefficient (Wildman–Crippen LogP) is 3.75. The van der Waals surface area contributed by atoms with Gasteiger partial charge in [-0.3, -0.25) is 4.79 Å². The summed E-state index contributed by atoms with van der Waals surface area (Å²) in [6.07, 6.45) is 5.26. The Kier molecular flexibility index (Phi) is 4.35. The summed E-state index contributed by atoms with van der Waals surface area (Å²) in [5, 5.41) is 4.12. The first-order chi connectivity index (χ1) is 14.2. The normalized spacial score (nSPS) is 16.6. The summed E-state index contributed by atoms with van der Waals surface area (Å²) in [5.74, 6) is 0.714. The summed E-state index contributed by atoms with van der Waals surface area (Å²) in [7, 11) is 0. The molecular formula is C22H21N5O2. The van der Waals surface area contributed by atoms with Gasteiger partial charge < -0.3 is 14.0 Å². The lowest BCUT2D eigenvalue weighted by molar-refractivity contribution is 0.0730. The maximum Gasteiger partial charge on any atom is 0.256 e. The average Bonchev–Trinajstić information content (AvgIpc) is 3.48. The Morgan fingerprint density at radius 1 is 1.21 bits per heavy atom. The van der Waals surface area contributed by atoms with Crippen molar-refractivity contribution in [3.05, 3.63) is 77.6 Å². The van der Waals surface area contributed by atoms with Crippen molar-refractivity contribution in [2.45, 2.75) is 32.4 Å². The number of hydrogen-bond acceptors (Lipinski definition) is 5. The Morgan fingerprint density at radius 3 is 2.86 bits per heavy atom. The lowest BCUT2D eigenvalue weighted by atomic mass is 10.1. The number of carbonyl (C=O) groups is 1. The van der Waals surface area contributed by atoms with Gasteiger partial charge in [0.1, 0.15) is 17.0 Å². The fourth-order valence-electron chi connectivity index (χ4n) is 3.99. The van der Waals surface area contributed by atoms with E-state index in [1.807, 2.05) is 46.7 Å². The Morgan fingerprint density at radius 2 is 2.07 bits per heavy atom. The van der Waals surface area contributed by atoms with E-state index in [-0.39, 0.29) is 11.9 Å². The van der Waals surface area contributed by atoms with Crippen molar-refractivity contribution in [3.63, 3.8) is 0 Å². The highest BCUT2D eigenvalue weighted by molar-refractivity contribution is 5.96. The smallest absolute Gasteiger partial charge is 0.256 e. The molecular weight excluding hydrogens is 366 g/mol. The van der Waals surface area contributed by atoms with E-state index in [4.69, 9.17) is 4.52 Å². The Balaban J connectivity index is 1.41. The van der Waals surface area contributed by atoms with Crippen LogP contribution in [0.4, 0.5) is 0 Å². The Bertz CT molecular complexity index is 1160. The third-order valence-corrected chi connectivity index (χ3v) is 5.40. The molecule has 7 nitrogen and oxygen atoms in total. The van der Waals surface area contributed by atoms with Gasteiger partial charge in [-0.2, -0.15) is 0 Å². The summed E-state index contributed by atoms with van der Waals surface area (Å²) < 4.78 is 7.20. The first-order valence-electron chi connectivity index (χ1n) is 9.78. The number of amides is 1. The summed E-state index contributed by atoms with van der Waals surface area (Å²) >= 11 is 0. The second-order valence-electron chi connectivity index (χ2n) is 7.44. The largest absolute Gasteiger partial charge is 0.361 e. The average molecular weight is 387 g/mol. The van der Waals surface area contributed by atoms with Crippen LogP contribution in [-0.2, 0) is 6.54 Å². The highest BCUT2D eigenvalue weighted by atomic mass is 16.5. The molecule has 1 aromatic carbocycles. The van der Waals surface area contributed by atoms with Gasteiger partial charge >= 0.3 is 0 Å². The quantitative estimate of drug-likeness (QED) is 0.533. The molecule has 1 atom stereocenters. The molecule has 146 valence electrons. The fourth-order valence-corrected chi connectivity index (χ4v) is 3.99. The van der Waals surface area contributed by atoms with Crippen LogP contribution in [0, 0.1) is 6.92 Å². The first-order valence-corrected chi connectivity index (χ1v) is 9.78. The van der Waals surface area contributed by atoms with Crippen LogP contribution >= 0.6 is 0 Å². The van der Waals surface area contributed by atoms with Crippen molar-refractivity contribution in [1.82, 2.24) is 24.6 Å². The van der Waals surface area contributed by atoms with E-state index >= 15 is 0 Å². The predicted molar refractivity (Wildman–Crippen MR) is 107 cm³/mol. The maximum atomic E-state index is 13.2. The molecule has 1 amide bonds. The number of likely N-dealkylation sites (tertiary alicyclic amines) is 1. The van der Waals surface area contributed by atoms with E-state index in [2.05, 4.69) is 27.3 Å². The number of imidazole rings is 1. The number of nitrogens with zero attached hydrogens (tertiary/aromatic N) is 5. The third kappa shape index (κ3) is 3.29. The minimum absolute atomic E-state index is 0.0415. The second kappa shape index (κ2) is 7.16. The molecule has 29 heavy (non-hydrogen) atoms. The van der Waals surface area contributed by atoms with Crippen molar-refractivity contribution in [1.29, 1.82) is 0 Å². The van der Waals surface area contributed by atoms with Crippen LogP contribution < -0.4 is 0 Å². The monoisotopic (exact) mass is 387 g/mol. The number of benzene rings is 1. The van der Waals surface area contributed by atoms with Crippen molar-refractivity contribution < 1.29 is 9.32 Å². The highest BCUT2D eigenvalue weighted by Crippen LogP contribution is 2.33. The van der Waals surface area contributed by atoms with Gasteiger partial charge in [0.25, 0.3) is 5.91 Å². The van der Waals surface area contributed by atoms with Gasteiger partial charge in [0.2, 0.25) is 0 Å². The minimum atomic E-state index is -0.0497. The molecule has 0 aliphatic carbocycles. The summed E-state index contributed by atoms with van der Waals surface area (Å²) in [6.45, 7) is 3.26. The molecule has 5 rings (SSSR count). The third-order valence-electron chi connectivity index (χ3n) is 5.40. The van der Waals surface area contributed by atoms with Gasteiger partial charge in [-0.15, -0.1) is 0 Å². The number of carbonyl (C=O) groups excluding carboxylic acids is 1. The van der Waals surface area contributed by atoms with E-state index in [0.29, 0.717) is 18.7 Å². The maximum absolute atomic E-state index is 13.2. The second-order valence-corrected chi connectivity index (χ2v) is 7.44. The number of hydrogen-bond donors (Lipinski definition) is 0. The number of fused-ring (bicyclic) bond motifs is 1. The Hall–Kier alpha value is -3.48. The van der Waals surface area contributed by atoms with Crippen molar-refractivity contribution in [2.24, 2.45) is 0 Å². The fraction of sp³-hybridized carbons (Fsp3) is 0.273. The number of aryl methyl sites for hydroxylation is 1. The van der Waals surface area contributed by atoms with Crippen molar-refractivity contribution >= 4 is 17.1 Å². The number of aromatic nitrogens is 4. The van der Waals surface area contributed by atoms with Crippen LogP contribution in [0.3, 0.4) is 0 Å². The van der Waals surface area contributed by atoms with Crippen LogP contribution in [-0.4, -0.2) is 37.0 Å². The minimum Gasteiger partial charge on any atom is -0.361 e. The molecule has 0 saturated carbocycles. The van der Waals surface area contributed by atoms with E-state index in [1.54, 1.807) is 12.5 Å². The van der Waals surface area contributed by atoms with Crippen LogP contribution in [0.2, 0.25) is 0 Å². The molecule has 1 unspecified atom stereocenters. The molecule has 1 fully saturated rings. The zero-order chi connectivity index (χ0) is 19.8. The molecule has 0 radical (unpaired) electrons. The molecule has 0 spiro atoms. The summed E-state index contributed by atoms with van der Waals surface area (Å²) in [6, 6.07) is 13.9. The van der Waals surface area contributed by atoms with E-state index in [1.165, 1.54) is 5.56 Å². The molecule has 1 aliphatic heterocycles. The number of rotatable bonds is 4. The van der Waals surface area contributed by atoms with E-state index in [0.717, 1.165) is 35.5 Å². The molecule has 1 aliphatic rings. The summed E-state index contributed by atoms with van der Waals surface area (Å²) in [4.78, 5) is 24.1. The van der Waals surface area contributed by atoms with Crippen molar-refractivity contribution in [2.75, 3.05) is 6.54 Å². The first kappa shape index (κ1) is 17.6. The molecule has 3 aromatic heterocycles. The zero-order valence-corrected chi connectivity index (χ0v) is 16.2. The summed E-state index contributed by atoms with van der Waals surface area (Å²) in [5.41, 5.74) is 4.04. The lowest BCUT2D eigenvalue weighted by Gasteiger charge is -2.22. The van der Waals surface area contributed by atoms with E-state index < -0.39 is 0 Å². The molecule has 4 aromatic rings. The molecule has 4 heterocycles. The topological polar surface area (TPSA) is 77.1 Å². The van der Waals surface area contributed by atoms with Gasteiger partial charge in [-0.25, -0.2) is 9.97 Å². The lowest BCUT2D eigenvalue weighted by Crippen LogP contribution is -2.30. The van der Waals surface area contributed by atoms with Crippen molar-refractivity contribution in [3.8, 4) is 0 Å². The zero-order valence-electron chi connectivity index (χ0n) is 16.2. The van der Waals surface area contributed by atoms with Crippen LogP contribution in [0.25, 0.3) is 11.2 Å². The molecule has 7 heteroatoms. The van der Waals surface area contributed by atoms with Crippen LogP contribution in [0.1, 0.15) is 46.3 Å². The van der Waals surface area contributed by atoms with Gasteiger partial charge in [-0.05, 0) is 31.4 Å². The molecule has 0 bridgehead atoms. The number of pyridine rings is 1. The van der Waals surface area contributed by atoms with Crippen LogP contribution in [0.5, 0.6) is 0 Å². The Labute approximate surface area is 168 Å². The SMILES string of the molecule is Cc1cc(C2CCCN2C(=O)c2cnc3c(c2)ncn3Cc2ccccc2)no1. The van der Waals surface area contributed by atoms with Gasteiger partial charge in [0.05, 0.1) is 24.5 Å².